The number of carbonyl (C=O) groups excluding carboxylic acids is 1. The zero-order valence-corrected chi connectivity index (χ0v) is 19.1. The molecule has 2 fully saturated rings. The number of sulfone groups is 1. The van der Waals surface area contributed by atoms with Crippen LogP contribution in [0.25, 0.3) is 21.6 Å². The van der Waals surface area contributed by atoms with Crippen LogP contribution >= 0.6 is 11.3 Å². The monoisotopic (exact) mass is 458 g/mol. The Morgan fingerprint density at radius 2 is 2.00 bits per heavy atom. The summed E-state index contributed by atoms with van der Waals surface area (Å²) in [5, 5.41) is 5.15. The van der Waals surface area contributed by atoms with Gasteiger partial charge in [0.05, 0.1) is 33.6 Å². The first-order valence-electron chi connectivity index (χ1n) is 10.9. The van der Waals surface area contributed by atoms with Crippen LogP contribution in [0.5, 0.6) is 0 Å². The van der Waals surface area contributed by atoms with E-state index in [1.807, 2.05) is 35.1 Å². The number of aromatic nitrogens is 3. The standard InChI is InChI=1S/C22H26N4O3S2/c1-14-23-20-18(26(14)16-9-11-31(28,29)13-16)12-17(19-8-5-10-30-19)25-21(20)22(27)24-15-6-3-2-4-7-15/h5,8,10,12,15-16H,2-4,6-7,9,11,13H2,1H3,(H,24,27). The van der Waals surface area contributed by atoms with Crippen molar-refractivity contribution in [2.75, 3.05) is 11.5 Å². The molecule has 164 valence electrons. The van der Waals surface area contributed by atoms with E-state index in [-0.39, 0.29) is 29.5 Å². The average Bonchev–Trinajstić information content (AvgIpc) is 3.46. The molecule has 0 radical (unpaired) electrons. The predicted molar refractivity (Wildman–Crippen MR) is 122 cm³/mol. The smallest absolute Gasteiger partial charge is 0.272 e. The van der Waals surface area contributed by atoms with Gasteiger partial charge >= 0.3 is 0 Å². The quantitative estimate of drug-likeness (QED) is 0.640. The maximum Gasteiger partial charge on any atom is 0.272 e. The van der Waals surface area contributed by atoms with Crippen LogP contribution in [0.3, 0.4) is 0 Å². The van der Waals surface area contributed by atoms with Crippen molar-refractivity contribution in [2.24, 2.45) is 0 Å². The molecule has 1 aliphatic carbocycles. The Morgan fingerprint density at radius 3 is 2.68 bits per heavy atom. The Hall–Kier alpha value is -2.26. The van der Waals surface area contributed by atoms with Crippen LogP contribution in [-0.2, 0) is 9.84 Å². The zero-order chi connectivity index (χ0) is 21.6. The van der Waals surface area contributed by atoms with Crippen molar-refractivity contribution in [1.82, 2.24) is 19.9 Å². The minimum atomic E-state index is -3.05. The van der Waals surface area contributed by atoms with E-state index in [4.69, 9.17) is 9.97 Å². The number of pyridine rings is 1. The molecule has 1 saturated carbocycles. The summed E-state index contributed by atoms with van der Waals surface area (Å²) < 4.78 is 26.2. The summed E-state index contributed by atoms with van der Waals surface area (Å²) in [6.45, 7) is 1.87. The first-order chi connectivity index (χ1) is 14.9. The van der Waals surface area contributed by atoms with Gasteiger partial charge in [-0.2, -0.15) is 0 Å². The number of imidazole rings is 1. The normalized spacial score (nSPS) is 21.5. The number of hydrogen-bond acceptors (Lipinski definition) is 6. The highest BCUT2D eigenvalue weighted by Gasteiger charge is 2.32. The number of rotatable bonds is 4. The van der Waals surface area contributed by atoms with E-state index in [0.717, 1.165) is 41.8 Å². The van der Waals surface area contributed by atoms with Crippen molar-refractivity contribution in [2.45, 2.75) is 57.5 Å². The molecular formula is C22H26N4O3S2. The van der Waals surface area contributed by atoms with Crippen molar-refractivity contribution in [3.8, 4) is 10.6 Å². The number of nitrogens with one attached hydrogen (secondary N) is 1. The van der Waals surface area contributed by atoms with E-state index < -0.39 is 9.84 Å². The van der Waals surface area contributed by atoms with Crippen LogP contribution in [0, 0.1) is 6.92 Å². The lowest BCUT2D eigenvalue weighted by atomic mass is 9.95. The summed E-state index contributed by atoms with van der Waals surface area (Å²) in [5.41, 5.74) is 2.38. The minimum absolute atomic E-state index is 0.111. The third-order valence-electron chi connectivity index (χ3n) is 6.36. The van der Waals surface area contributed by atoms with Gasteiger partial charge in [-0.1, -0.05) is 25.3 Å². The van der Waals surface area contributed by atoms with E-state index in [1.54, 1.807) is 11.3 Å². The minimum Gasteiger partial charge on any atom is -0.348 e. The Balaban J connectivity index is 1.62. The Labute approximate surface area is 185 Å². The van der Waals surface area contributed by atoms with Crippen molar-refractivity contribution in [3.63, 3.8) is 0 Å². The molecule has 9 heteroatoms. The number of amides is 1. The summed E-state index contributed by atoms with van der Waals surface area (Å²) in [7, 11) is -3.05. The molecule has 5 rings (SSSR count). The molecule has 1 saturated heterocycles. The molecule has 3 aromatic rings. The number of aryl methyl sites for hydroxylation is 1. The number of carbonyl (C=O) groups is 1. The molecule has 1 amide bonds. The molecule has 7 nitrogen and oxygen atoms in total. The SMILES string of the molecule is Cc1nc2c(C(=O)NC3CCCCC3)nc(-c3cccs3)cc2n1C1CCS(=O)(=O)C1. The lowest BCUT2D eigenvalue weighted by Crippen LogP contribution is -2.36. The molecule has 1 N–H and O–H groups in total. The highest BCUT2D eigenvalue weighted by Crippen LogP contribution is 2.33. The summed E-state index contributed by atoms with van der Waals surface area (Å²) >= 11 is 1.57. The number of hydrogen-bond donors (Lipinski definition) is 1. The molecule has 3 aromatic heterocycles. The van der Waals surface area contributed by atoms with E-state index >= 15 is 0 Å². The van der Waals surface area contributed by atoms with Crippen LogP contribution in [-0.4, -0.2) is 46.4 Å². The third-order valence-corrected chi connectivity index (χ3v) is 9.00. The fourth-order valence-electron chi connectivity index (χ4n) is 4.86. The van der Waals surface area contributed by atoms with Gasteiger partial charge in [0.1, 0.15) is 11.3 Å². The molecule has 2 aliphatic rings. The van der Waals surface area contributed by atoms with Crippen LogP contribution in [0.2, 0.25) is 0 Å². The van der Waals surface area contributed by atoms with Crippen LogP contribution in [0.1, 0.15) is 60.9 Å². The third kappa shape index (κ3) is 4.01. The van der Waals surface area contributed by atoms with Crippen LogP contribution in [0.15, 0.2) is 23.6 Å². The Kier molecular flexibility index (Phi) is 5.34. The molecule has 1 unspecified atom stereocenters. The topological polar surface area (TPSA) is 93.9 Å². The lowest BCUT2D eigenvalue weighted by Gasteiger charge is -2.22. The van der Waals surface area contributed by atoms with Crippen molar-refractivity contribution < 1.29 is 13.2 Å². The largest absolute Gasteiger partial charge is 0.348 e. The van der Waals surface area contributed by atoms with E-state index in [9.17, 15) is 13.2 Å². The predicted octanol–water partition coefficient (Wildman–Crippen LogP) is 3.89. The molecule has 0 bridgehead atoms. The van der Waals surface area contributed by atoms with Crippen LogP contribution in [0.4, 0.5) is 0 Å². The van der Waals surface area contributed by atoms with Crippen molar-refractivity contribution in [3.05, 3.63) is 35.1 Å². The number of nitrogens with zero attached hydrogens (tertiary/aromatic N) is 3. The highest BCUT2D eigenvalue weighted by molar-refractivity contribution is 7.91. The molecule has 1 aliphatic heterocycles. The molecule has 31 heavy (non-hydrogen) atoms. The van der Waals surface area contributed by atoms with Gasteiger partial charge < -0.3 is 9.88 Å². The second kappa shape index (κ2) is 8.02. The number of thiophene rings is 1. The average molecular weight is 459 g/mol. The van der Waals surface area contributed by atoms with Crippen LogP contribution < -0.4 is 5.32 Å². The molecular weight excluding hydrogens is 432 g/mol. The second-order valence-electron chi connectivity index (χ2n) is 8.60. The van der Waals surface area contributed by atoms with Gasteiger partial charge in [-0.3, -0.25) is 4.79 Å². The molecule has 0 spiro atoms. The van der Waals surface area contributed by atoms with Gasteiger partial charge in [-0.05, 0) is 43.7 Å². The zero-order valence-electron chi connectivity index (χ0n) is 17.5. The van der Waals surface area contributed by atoms with Gasteiger partial charge in [0, 0.05) is 6.04 Å². The maximum absolute atomic E-state index is 13.3. The Morgan fingerprint density at radius 1 is 1.19 bits per heavy atom. The lowest BCUT2D eigenvalue weighted by molar-refractivity contribution is 0.0924. The Bertz CT molecular complexity index is 1230. The van der Waals surface area contributed by atoms with E-state index in [0.29, 0.717) is 23.5 Å². The first-order valence-corrected chi connectivity index (χ1v) is 13.6. The number of fused-ring (bicyclic) bond motifs is 1. The van der Waals surface area contributed by atoms with Gasteiger partial charge in [0.25, 0.3) is 5.91 Å². The van der Waals surface area contributed by atoms with E-state index in [2.05, 4.69) is 5.32 Å². The summed E-state index contributed by atoms with van der Waals surface area (Å²) in [6, 6.07) is 5.90. The van der Waals surface area contributed by atoms with Crippen molar-refractivity contribution in [1.29, 1.82) is 0 Å². The van der Waals surface area contributed by atoms with Gasteiger partial charge in [-0.15, -0.1) is 11.3 Å². The first kappa shape index (κ1) is 20.6. The van der Waals surface area contributed by atoms with E-state index in [1.165, 1.54) is 6.42 Å². The summed E-state index contributed by atoms with van der Waals surface area (Å²) in [6.07, 6.45) is 6.03. The summed E-state index contributed by atoms with van der Waals surface area (Å²) in [5.74, 6) is 0.821. The molecule has 1 atom stereocenters. The van der Waals surface area contributed by atoms with Gasteiger partial charge in [0.15, 0.2) is 15.5 Å². The second-order valence-corrected chi connectivity index (χ2v) is 11.8. The molecule has 4 heterocycles. The molecule has 0 aromatic carbocycles. The van der Waals surface area contributed by atoms with Gasteiger partial charge in [-0.25, -0.2) is 18.4 Å². The summed E-state index contributed by atoms with van der Waals surface area (Å²) in [4.78, 5) is 23.7. The fraction of sp³-hybridized carbons (Fsp3) is 0.500. The fourth-order valence-corrected chi connectivity index (χ4v) is 7.24. The maximum atomic E-state index is 13.3. The van der Waals surface area contributed by atoms with Gasteiger partial charge in [0.2, 0.25) is 0 Å². The highest BCUT2D eigenvalue weighted by atomic mass is 32.2. The van der Waals surface area contributed by atoms with Crippen molar-refractivity contribution >= 4 is 38.1 Å².